The molecule has 0 aliphatic carbocycles. The number of para-hydroxylation sites is 1. The lowest BCUT2D eigenvalue weighted by Crippen LogP contribution is -2.08. The van der Waals surface area contributed by atoms with E-state index in [2.05, 4.69) is 0 Å². The number of hydrogen-bond donors (Lipinski definition) is 0. The molecule has 0 unspecified atom stereocenters. The van der Waals surface area contributed by atoms with Gasteiger partial charge in [0.15, 0.2) is 0 Å². The molecule has 2 nitrogen and oxygen atoms in total. The molecule has 0 heterocycles. The maximum atomic E-state index is 11.2. The van der Waals surface area contributed by atoms with Crippen molar-refractivity contribution in [1.29, 1.82) is 0 Å². The van der Waals surface area contributed by atoms with Crippen LogP contribution in [0.15, 0.2) is 24.3 Å². The largest absolute Gasteiger partial charge is 0.426 e. The number of carbonyl (C=O) groups is 1. The van der Waals surface area contributed by atoms with Crippen molar-refractivity contribution < 1.29 is 9.53 Å². The van der Waals surface area contributed by atoms with Crippen LogP contribution >= 0.6 is 11.6 Å². The lowest BCUT2D eigenvalue weighted by Gasteiger charge is -2.05. The van der Waals surface area contributed by atoms with Crippen molar-refractivity contribution in [3.05, 3.63) is 29.8 Å². The van der Waals surface area contributed by atoms with Gasteiger partial charge in [0.1, 0.15) is 5.75 Å². The molecule has 1 aromatic rings. The summed E-state index contributed by atoms with van der Waals surface area (Å²) in [5.74, 6) is 0.898. The highest BCUT2D eigenvalue weighted by molar-refractivity contribution is 6.17. The summed E-state index contributed by atoms with van der Waals surface area (Å²) in [6.07, 6.45) is 1.03. The molecule has 0 fully saturated rings. The minimum atomic E-state index is -0.222. The standard InChI is InChI=1S/C11H13ClO2/c1-9-5-2-3-6-10(9)14-11(13)7-4-8-12/h2-3,5-6H,4,7-8H2,1H3. The summed E-state index contributed by atoms with van der Waals surface area (Å²) < 4.78 is 5.15. The predicted molar refractivity (Wildman–Crippen MR) is 56.8 cm³/mol. The minimum Gasteiger partial charge on any atom is -0.426 e. The van der Waals surface area contributed by atoms with Crippen molar-refractivity contribution in [2.45, 2.75) is 19.8 Å². The van der Waals surface area contributed by atoms with Gasteiger partial charge in [-0.1, -0.05) is 18.2 Å². The van der Waals surface area contributed by atoms with Gasteiger partial charge in [-0.05, 0) is 25.0 Å². The van der Waals surface area contributed by atoms with Crippen molar-refractivity contribution in [2.75, 3.05) is 5.88 Å². The normalized spacial score (nSPS) is 9.86. The SMILES string of the molecule is Cc1ccccc1OC(=O)CCCCl. The summed E-state index contributed by atoms with van der Waals surface area (Å²) in [5.41, 5.74) is 0.965. The third-order valence-electron chi connectivity index (χ3n) is 1.83. The summed E-state index contributed by atoms with van der Waals surface area (Å²) in [4.78, 5) is 11.2. The van der Waals surface area contributed by atoms with Gasteiger partial charge in [-0.3, -0.25) is 4.79 Å². The Morgan fingerprint density at radius 2 is 2.14 bits per heavy atom. The highest BCUT2D eigenvalue weighted by atomic mass is 35.5. The molecule has 0 radical (unpaired) electrons. The van der Waals surface area contributed by atoms with Gasteiger partial charge in [-0.2, -0.15) is 0 Å². The Kier molecular flexibility index (Phi) is 4.47. The van der Waals surface area contributed by atoms with Crippen molar-refractivity contribution in [2.24, 2.45) is 0 Å². The van der Waals surface area contributed by atoms with Crippen LogP contribution < -0.4 is 4.74 Å². The summed E-state index contributed by atoms with van der Waals surface area (Å²) in [5, 5.41) is 0. The number of benzene rings is 1. The molecular formula is C11H13ClO2. The predicted octanol–water partition coefficient (Wildman–Crippen LogP) is 2.92. The molecule has 0 saturated carbocycles. The lowest BCUT2D eigenvalue weighted by molar-refractivity contribution is -0.134. The second-order valence-corrected chi connectivity index (χ2v) is 3.41. The Hall–Kier alpha value is -1.02. The Balaban J connectivity index is 2.52. The van der Waals surface area contributed by atoms with Crippen LogP contribution in [0.5, 0.6) is 5.75 Å². The first-order valence-corrected chi connectivity index (χ1v) is 5.10. The number of carbonyl (C=O) groups excluding carboxylic acids is 1. The van der Waals surface area contributed by atoms with Gasteiger partial charge in [0, 0.05) is 12.3 Å². The van der Waals surface area contributed by atoms with Crippen LogP contribution in [-0.4, -0.2) is 11.8 Å². The van der Waals surface area contributed by atoms with Crippen molar-refractivity contribution in [3.8, 4) is 5.75 Å². The molecule has 76 valence electrons. The zero-order valence-corrected chi connectivity index (χ0v) is 8.88. The highest BCUT2D eigenvalue weighted by Crippen LogP contribution is 2.16. The first-order valence-electron chi connectivity index (χ1n) is 4.56. The lowest BCUT2D eigenvalue weighted by atomic mass is 10.2. The zero-order valence-electron chi connectivity index (χ0n) is 8.13. The summed E-state index contributed by atoms with van der Waals surface area (Å²) in [7, 11) is 0. The van der Waals surface area contributed by atoms with Crippen LogP contribution in [0.25, 0.3) is 0 Å². The molecule has 14 heavy (non-hydrogen) atoms. The molecule has 3 heteroatoms. The van der Waals surface area contributed by atoms with Crippen molar-refractivity contribution >= 4 is 17.6 Å². The molecule has 0 atom stereocenters. The molecular weight excluding hydrogens is 200 g/mol. The first-order chi connectivity index (χ1) is 6.74. The van der Waals surface area contributed by atoms with Crippen molar-refractivity contribution in [3.63, 3.8) is 0 Å². The van der Waals surface area contributed by atoms with Crippen LogP contribution in [0, 0.1) is 6.92 Å². The van der Waals surface area contributed by atoms with Gasteiger partial charge in [0.2, 0.25) is 0 Å². The van der Waals surface area contributed by atoms with E-state index < -0.39 is 0 Å². The Morgan fingerprint density at radius 1 is 1.43 bits per heavy atom. The fourth-order valence-corrected chi connectivity index (χ4v) is 1.19. The summed E-state index contributed by atoms with van der Waals surface area (Å²) in [6.45, 7) is 1.91. The van der Waals surface area contributed by atoms with E-state index in [9.17, 15) is 4.79 Å². The fourth-order valence-electron chi connectivity index (χ4n) is 1.06. The van der Waals surface area contributed by atoms with Gasteiger partial charge < -0.3 is 4.74 Å². The maximum Gasteiger partial charge on any atom is 0.311 e. The molecule has 0 aliphatic rings. The second-order valence-electron chi connectivity index (χ2n) is 3.03. The van der Waals surface area contributed by atoms with E-state index >= 15 is 0 Å². The number of hydrogen-bond acceptors (Lipinski definition) is 2. The van der Waals surface area contributed by atoms with E-state index in [4.69, 9.17) is 16.3 Å². The van der Waals surface area contributed by atoms with Crippen LogP contribution in [0.2, 0.25) is 0 Å². The van der Waals surface area contributed by atoms with Crippen LogP contribution in [0.4, 0.5) is 0 Å². The third kappa shape index (κ3) is 3.38. The van der Waals surface area contributed by atoms with Crippen molar-refractivity contribution in [1.82, 2.24) is 0 Å². The quantitative estimate of drug-likeness (QED) is 0.436. The molecule has 0 amide bonds. The molecule has 0 spiro atoms. The van der Waals surface area contributed by atoms with E-state index in [1.807, 2.05) is 25.1 Å². The van der Waals surface area contributed by atoms with Gasteiger partial charge in [0.25, 0.3) is 0 Å². The molecule has 0 bridgehead atoms. The third-order valence-corrected chi connectivity index (χ3v) is 2.10. The highest BCUT2D eigenvalue weighted by Gasteiger charge is 2.05. The average molecular weight is 213 g/mol. The summed E-state index contributed by atoms with van der Waals surface area (Å²) >= 11 is 5.47. The van der Waals surface area contributed by atoms with E-state index in [1.54, 1.807) is 6.07 Å². The van der Waals surface area contributed by atoms with E-state index in [1.165, 1.54) is 0 Å². The number of halogens is 1. The zero-order chi connectivity index (χ0) is 10.4. The number of esters is 1. The fraction of sp³-hybridized carbons (Fsp3) is 0.364. The smallest absolute Gasteiger partial charge is 0.311 e. The molecule has 1 rings (SSSR count). The molecule has 0 aromatic heterocycles. The Morgan fingerprint density at radius 3 is 2.79 bits per heavy atom. The Labute approximate surface area is 88.8 Å². The van der Waals surface area contributed by atoms with Gasteiger partial charge in [-0.25, -0.2) is 0 Å². The number of aryl methyl sites for hydroxylation is 1. The number of alkyl halides is 1. The Bertz CT molecular complexity index is 310. The molecule has 0 N–H and O–H groups in total. The van der Waals surface area contributed by atoms with Crippen LogP contribution in [-0.2, 0) is 4.79 Å². The van der Waals surface area contributed by atoms with Gasteiger partial charge >= 0.3 is 5.97 Å². The van der Waals surface area contributed by atoms with E-state index in [0.717, 1.165) is 5.56 Å². The van der Waals surface area contributed by atoms with Crippen LogP contribution in [0.3, 0.4) is 0 Å². The summed E-state index contributed by atoms with van der Waals surface area (Å²) in [6, 6.07) is 7.45. The number of rotatable bonds is 4. The topological polar surface area (TPSA) is 26.3 Å². The minimum absolute atomic E-state index is 0.222. The number of ether oxygens (including phenoxy) is 1. The first kappa shape index (κ1) is 11.1. The maximum absolute atomic E-state index is 11.2. The van der Waals surface area contributed by atoms with Gasteiger partial charge in [-0.15, -0.1) is 11.6 Å². The van der Waals surface area contributed by atoms with Gasteiger partial charge in [0.05, 0.1) is 0 Å². The average Bonchev–Trinajstić information content (AvgIpc) is 2.18. The second kappa shape index (κ2) is 5.66. The van der Waals surface area contributed by atoms with Crippen LogP contribution in [0.1, 0.15) is 18.4 Å². The molecule has 0 aliphatic heterocycles. The van der Waals surface area contributed by atoms with E-state index in [0.29, 0.717) is 24.5 Å². The molecule has 1 aromatic carbocycles. The monoisotopic (exact) mass is 212 g/mol. The molecule has 0 saturated heterocycles. The van der Waals surface area contributed by atoms with E-state index in [-0.39, 0.29) is 5.97 Å².